The van der Waals surface area contributed by atoms with E-state index < -0.39 is 0 Å². The molecule has 0 aliphatic carbocycles. The van der Waals surface area contributed by atoms with Crippen molar-refractivity contribution in [3.8, 4) is 11.5 Å². The van der Waals surface area contributed by atoms with Crippen LogP contribution in [0.25, 0.3) is 21.5 Å². The van der Waals surface area contributed by atoms with E-state index in [1.807, 2.05) is 0 Å². The smallest absolute Gasteiger partial charge is 0.161 e. The molecule has 0 amide bonds. The molecule has 3 aromatic rings. The molecule has 1 fully saturated rings. The number of aryl methyl sites for hydroxylation is 1. The van der Waals surface area contributed by atoms with Crippen molar-refractivity contribution in [1.29, 1.82) is 0 Å². The Kier molecular flexibility index (Phi) is 4.01. The summed E-state index contributed by atoms with van der Waals surface area (Å²) in [5, 5.41) is 5.40. The third kappa shape index (κ3) is 2.52. The topological polar surface area (TPSA) is 21.7 Å². The van der Waals surface area contributed by atoms with Gasteiger partial charge in [0.15, 0.2) is 11.5 Å². The first kappa shape index (κ1) is 16.9. The van der Waals surface area contributed by atoms with Crippen molar-refractivity contribution in [1.82, 2.24) is 4.90 Å². The van der Waals surface area contributed by atoms with Crippen LogP contribution in [0.1, 0.15) is 36.5 Å². The first-order valence-electron chi connectivity index (χ1n) is 10.1. The molecule has 0 N–H and O–H groups in total. The Morgan fingerprint density at radius 1 is 0.926 bits per heavy atom. The van der Waals surface area contributed by atoms with Crippen molar-refractivity contribution in [3.63, 3.8) is 0 Å². The van der Waals surface area contributed by atoms with Gasteiger partial charge in [-0.2, -0.15) is 0 Å². The molecule has 0 radical (unpaired) electrons. The summed E-state index contributed by atoms with van der Waals surface area (Å²) in [4.78, 5) is 2.67. The van der Waals surface area contributed by atoms with Crippen LogP contribution in [-0.4, -0.2) is 31.7 Å². The number of nitrogens with zero attached hydrogens (tertiary/aromatic N) is 1. The first-order chi connectivity index (χ1) is 13.2. The van der Waals surface area contributed by atoms with Crippen LogP contribution in [0, 0.1) is 0 Å². The maximum atomic E-state index is 5.64. The maximum absolute atomic E-state index is 5.64. The van der Waals surface area contributed by atoms with Gasteiger partial charge < -0.3 is 9.47 Å². The zero-order valence-corrected chi connectivity index (χ0v) is 16.5. The second-order valence-electron chi connectivity index (χ2n) is 7.91. The van der Waals surface area contributed by atoms with Crippen LogP contribution in [0.2, 0.25) is 0 Å². The highest BCUT2D eigenvalue weighted by Gasteiger charge is 2.32. The third-order valence-electron chi connectivity index (χ3n) is 6.62. The fraction of sp³-hybridized carbons (Fsp3) is 0.417. The van der Waals surface area contributed by atoms with Gasteiger partial charge in [0, 0.05) is 12.6 Å². The van der Waals surface area contributed by atoms with Crippen LogP contribution < -0.4 is 9.47 Å². The van der Waals surface area contributed by atoms with E-state index in [1.54, 1.807) is 19.8 Å². The molecule has 0 saturated carbocycles. The highest BCUT2D eigenvalue weighted by Crippen LogP contribution is 2.43. The Morgan fingerprint density at radius 2 is 1.67 bits per heavy atom. The molecule has 140 valence electrons. The van der Waals surface area contributed by atoms with E-state index >= 15 is 0 Å². The molecule has 3 nitrogen and oxygen atoms in total. The molecular formula is C24H27NO2. The summed E-state index contributed by atoms with van der Waals surface area (Å²) in [6, 6.07) is 12.1. The number of rotatable bonds is 3. The van der Waals surface area contributed by atoms with E-state index in [4.69, 9.17) is 9.47 Å². The third-order valence-corrected chi connectivity index (χ3v) is 6.62. The molecule has 0 unspecified atom stereocenters. The fourth-order valence-corrected chi connectivity index (χ4v) is 5.16. The van der Waals surface area contributed by atoms with Crippen molar-refractivity contribution in [2.45, 2.75) is 45.2 Å². The number of benzene rings is 3. The Morgan fingerprint density at radius 3 is 2.41 bits per heavy atom. The van der Waals surface area contributed by atoms with Crippen LogP contribution in [0.15, 0.2) is 30.3 Å². The van der Waals surface area contributed by atoms with Gasteiger partial charge in [-0.3, -0.25) is 4.90 Å². The molecule has 1 atom stereocenters. The molecule has 0 spiro atoms. The molecule has 2 heterocycles. The molecule has 2 aliphatic rings. The summed E-state index contributed by atoms with van der Waals surface area (Å²) in [7, 11) is 3.44. The highest BCUT2D eigenvalue weighted by molar-refractivity contribution is 6.12. The van der Waals surface area contributed by atoms with Crippen molar-refractivity contribution in [2.75, 3.05) is 20.8 Å². The van der Waals surface area contributed by atoms with E-state index in [9.17, 15) is 0 Å². The normalized spacial score (nSPS) is 19.3. The van der Waals surface area contributed by atoms with Gasteiger partial charge in [-0.05, 0) is 82.6 Å². The van der Waals surface area contributed by atoms with Crippen molar-refractivity contribution in [2.24, 2.45) is 0 Å². The Labute approximate surface area is 160 Å². The lowest BCUT2D eigenvalue weighted by molar-refractivity contribution is 0.229. The summed E-state index contributed by atoms with van der Waals surface area (Å²) in [6.45, 7) is 4.50. The van der Waals surface area contributed by atoms with Gasteiger partial charge >= 0.3 is 0 Å². The first-order valence-corrected chi connectivity index (χ1v) is 10.1. The standard InChI is InChI=1S/C24H27NO2/c1-4-15-7-8-17-18(10-15)20-12-23(26-2)24(27-3)13-21(20)22-14-25-9-5-6-16(25)11-19(17)22/h7-8,10,12-13,16H,4-6,9,11,14H2,1-3H3/t16-/m0/s1. The SMILES string of the molecule is CCc1ccc2c3c(c4cc(OC)c(OC)cc4c2c1)CN1CCC[C@H]1C3. The van der Waals surface area contributed by atoms with E-state index in [1.165, 1.54) is 58.5 Å². The highest BCUT2D eigenvalue weighted by atomic mass is 16.5. The van der Waals surface area contributed by atoms with E-state index in [0.29, 0.717) is 6.04 Å². The largest absolute Gasteiger partial charge is 0.493 e. The monoisotopic (exact) mass is 361 g/mol. The van der Waals surface area contributed by atoms with Crippen molar-refractivity contribution < 1.29 is 9.47 Å². The van der Waals surface area contributed by atoms with Gasteiger partial charge in [0.05, 0.1) is 14.2 Å². The molecule has 0 bridgehead atoms. The van der Waals surface area contributed by atoms with Crippen LogP contribution in [0.5, 0.6) is 11.5 Å². The predicted molar refractivity (Wildman–Crippen MR) is 111 cm³/mol. The van der Waals surface area contributed by atoms with Crippen LogP contribution in [0.3, 0.4) is 0 Å². The molecule has 27 heavy (non-hydrogen) atoms. The molecule has 2 aliphatic heterocycles. The molecular weight excluding hydrogens is 334 g/mol. The van der Waals surface area contributed by atoms with Gasteiger partial charge in [-0.1, -0.05) is 25.1 Å². The second-order valence-corrected chi connectivity index (χ2v) is 7.91. The molecule has 3 aromatic carbocycles. The number of ether oxygens (including phenoxy) is 2. The Hall–Kier alpha value is -2.26. The van der Waals surface area contributed by atoms with E-state index in [-0.39, 0.29) is 0 Å². The summed E-state index contributed by atoms with van der Waals surface area (Å²) in [5.74, 6) is 1.63. The lowest BCUT2D eigenvalue weighted by Crippen LogP contribution is -2.35. The minimum Gasteiger partial charge on any atom is -0.493 e. The average Bonchev–Trinajstić information content (AvgIpc) is 3.18. The molecule has 0 aromatic heterocycles. The summed E-state index contributed by atoms with van der Waals surface area (Å²) < 4.78 is 11.3. The van der Waals surface area contributed by atoms with Gasteiger partial charge in [-0.15, -0.1) is 0 Å². The van der Waals surface area contributed by atoms with Gasteiger partial charge in [0.2, 0.25) is 0 Å². The summed E-state index contributed by atoms with van der Waals surface area (Å²) in [5.41, 5.74) is 4.42. The number of hydrogen-bond acceptors (Lipinski definition) is 3. The van der Waals surface area contributed by atoms with Gasteiger partial charge in [0.25, 0.3) is 0 Å². The van der Waals surface area contributed by atoms with Crippen LogP contribution >= 0.6 is 0 Å². The number of hydrogen-bond donors (Lipinski definition) is 0. The van der Waals surface area contributed by atoms with E-state index in [2.05, 4.69) is 42.2 Å². The Balaban J connectivity index is 1.88. The van der Waals surface area contributed by atoms with Gasteiger partial charge in [-0.25, -0.2) is 0 Å². The predicted octanol–water partition coefficient (Wildman–Crippen LogP) is 5.09. The maximum Gasteiger partial charge on any atom is 0.161 e. The van der Waals surface area contributed by atoms with Crippen LogP contribution in [-0.2, 0) is 19.4 Å². The van der Waals surface area contributed by atoms with Crippen LogP contribution in [0.4, 0.5) is 0 Å². The second kappa shape index (κ2) is 6.42. The average molecular weight is 361 g/mol. The van der Waals surface area contributed by atoms with Gasteiger partial charge in [0.1, 0.15) is 0 Å². The summed E-state index contributed by atoms with van der Waals surface area (Å²) >= 11 is 0. The minimum absolute atomic E-state index is 0.712. The summed E-state index contributed by atoms with van der Waals surface area (Å²) in [6.07, 6.45) is 4.88. The fourth-order valence-electron chi connectivity index (χ4n) is 5.16. The lowest BCUT2D eigenvalue weighted by Gasteiger charge is -2.33. The quantitative estimate of drug-likeness (QED) is 0.606. The Bertz CT molecular complexity index is 1040. The van der Waals surface area contributed by atoms with Crippen molar-refractivity contribution >= 4 is 21.5 Å². The molecule has 1 saturated heterocycles. The molecule has 5 rings (SSSR count). The van der Waals surface area contributed by atoms with E-state index in [0.717, 1.165) is 24.5 Å². The lowest BCUT2D eigenvalue weighted by atomic mass is 9.84. The van der Waals surface area contributed by atoms with Crippen molar-refractivity contribution in [3.05, 3.63) is 47.0 Å². The molecule has 3 heteroatoms. The zero-order chi connectivity index (χ0) is 18.5. The number of fused-ring (bicyclic) bond motifs is 7. The minimum atomic E-state index is 0.712. The zero-order valence-electron chi connectivity index (χ0n) is 16.5. The number of methoxy groups -OCH3 is 2.